The fourth-order valence-corrected chi connectivity index (χ4v) is 5.04. The maximum Gasteiger partial charge on any atom is 0.255 e. The van der Waals surface area contributed by atoms with Crippen LogP contribution in [0.4, 0.5) is 0 Å². The number of fused-ring (bicyclic) bond motifs is 1. The molecule has 2 aromatic rings. The van der Waals surface area contributed by atoms with E-state index in [2.05, 4.69) is 10.6 Å². The molecule has 2 atom stereocenters. The summed E-state index contributed by atoms with van der Waals surface area (Å²) in [5.41, 5.74) is 2.03. The number of carbonyl (C=O) groups is 3. The van der Waals surface area contributed by atoms with Crippen molar-refractivity contribution in [3.63, 3.8) is 0 Å². The molecule has 1 aliphatic carbocycles. The van der Waals surface area contributed by atoms with E-state index in [4.69, 9.17) is 7.85 Å². The molecule has 2 aromatic carbocycles. The zero-order valence-electron chi connectivity index (χ0n) is 22.1. The standard InChI is InChI=1S/C14H14N2O3.C13H18BNO.C2H6/c1-8-2-3-10-9(6-8)7-16(14(10)19)11-4-5-12(17)15-13(11)18;14-13(16,11-7-3-1-4-8-11)15-12-9-5-2-6-10-12;1-2/h2-3,6,11H,4-5,7H2,1H3,(H,15,17,18);1,3-4,7-8,12,15-16H,2,5-6,9-10H2;1-2H3. The van der Waals surface area contributed by atoms with Gasteiger partial charge in [0.15, 0.2) is 0 Å². The van der Waals surface area contributed by atoms with E-state index in [9.17, 15) is 19.5 Å². The largest absolute Gasteiger partial charge is 0.381 e. The average molecular weight is 503 g/mol. The lowest BCUT2D eigenvalue weighted by atomic mass is 9.82. The van der Waals surface area contributed by atoms with Crippen molar-refractivity contribution < 1.29 is 19.5 Å². The molecule has 196 valence electrons. The molecule has 2 unspecified atom stereocenters. The lowest BCUT2D eigenvalue weighted by molar-refractivity contribution is -0.136. The molecule has 37 heavy (non-hydrogen) atoms. The van der Waals surface area contributed by atoms with Crippen LogP contribution in [0, 0.1) is 6.92 Å². The van der Waals surface area contributed by atoms with Gasteiger partial charge in [-0.3, -0.25) is 25.0 Å². The van der Waals surface area contributed by atoms with E-state index in [1.165, 1.54) is 19.3 Å². The molecular weight excluding hydrogens is 465 g/mol. The van der Waals surface area contributed by atoms with Crippen molar-refractivity contribution in [3.8, 4) is 0 Å². The number of nitrogens with zero attached hydrogens (tertiary/aromatic N) is 1. The Bertz CT molecular complexity index is 1080. The van der Waals surface area contributed by atoms with Crippen LogP contribution in [0.25, 0.3) is 0 Å². The third-order valence-electron chi connectivity index (χ3n) is 6.92. The summed E-state index contributed by atoms with van der Waals surface area (Å²) in [7, 11) is 5.91. The first-order valence-corrected chi connectivity index (χ1v) is 13.3. The average Bonchev–Trinajstić information content (AvgIpc) is 3.21. The number of aliphatic hydroxyl groups is 1. The number of piperidine rings is 1. The summed E-state index contributed by atoms with van der Waals surface area (Å²) in [5.74, 6) is -0.750. The van der Waals surface area contributed by atoms with Gasteiger partial charge in [0.05, 0.1) is 5.62 Å². The summed E-state index contributed by atoms with van der Waals surface area (Å²) < 4.78 is 0. The summed E-state index contributed by atoms with van der Waals surface area (Å²) >= 11 is 0. The third-order valence-corrected chi connectivity index (χ3v) is 6.92. The number of amides is 3. The molecule has 8 heteroatoms. The van der Waals surface area contributed by atoms with Crippen molar-refractivity contribution in [1.29, 1.82) is 0 Å². The fourth-order valence-electron chi connectivity index (χ4n) is 5.04. The van der Waals surface area contributed by atoms with Crippen molar-refractivity contribution in [1.82, 2.24) is 15.5 Å². The summed E-state index contributed by atoms with van der Waals surface area (Å²) in [6.07, 6.45) is 6.65. The highest BCUT2D eigenvalue weighted by molar-refractivity contribution is 6.14. The Hall–Kier alpha value is -2.97. The third kappa shape index (κ3) is 7.30. The molecule has 1 saturated heterocycles. The van der Waals surface area contributed by atoms with E-state index in [-0.39, 0.29) is 24.1 Å². The van der Waals surface area contributed by atoms with Crippen LogP contribution in [0.5, 0.6) is 0 Å². The summed E-state index contributed by atoms with van der Waals surface area (Å²) in [4.78, 5) is 36.8. The second-order valence-electron chi connectivity index (χ2n) is 9.67. The van der Waals surface area contributed by atoms with E-state index in [1.54, 1.807) is 11.0 Å². The van der Waals surface area contributed by atoms with E-state index >= 15 is 0 Å². The van der Waals surface area contributed by atoms with Gasteiger partial charge in [0, 0.05) is 24.6 Å². The van der Waals surface area contributed by atoms with Crippen LogP contribution in [0.1, 0.15) is 85.8 Å². The lowest BCUT2D eigenvalue weighted by Crippen LogP contribution is -2.52. The Labute approximate surface area is 221 Å². The first-order chi connectivity index (χ1) is 17.7. The Morgan fingerprint density at radius 1 is 1.00 bits per heavy atom. The first-order valence-electron chi connectivity index (χ1n) is 13.3. The van der Waals surface area contributed by atoms with Crippen LogP contribution >= 0.6 is 0 Å². The molecule has 7 nitrogen and oxygen atoms in total. The van der Waals surface area contributed by atoms with Crippen LogP contribution in [0.15, 0.2) is 48.5 Å². The van der Waals surface area contributed by atoms with Gasteiger partial charge in [-0.25, -0.2) is 0 Å². The minimum atomic E-state index is -1.40. The molecule has 3 amide bonds. The minimum Gasteiger partial charge on any atom is -0.381 e. The van der Waals surface area contributed by atoms with Crippen LogP contribution in [0.3, 0.4) is 0 Å². The number of nitrogens with one attached hydrogen (secondary N) is 2. The number of rotatable bonds is 4. The molecule has 3 N–H and O–H groups in total. The number of carbonyl (C=O) groups excluding carboxylic acids is 3. The quantitative estimate of drug-likeness (QED) is 0.336. The summed E-state index contributed by atoms with van der Waals surface area (Å²) in [5, 5.41) is 15.6. The van der Waals surface area contributed by atoms with Crippen molar-refractivity contribution in [2.45, 2.75) is 90.0 Å². The van der Waals surface area contributed by atoms with Crippen LogP contribution in [-0.4, -0.2) is 47.7 Å². The highest BCUT2D eigenvalue weighted by atomic mass is 16.3. The first kappa shape index (κ1) is 28.6. The van der Waals surface area contributed by atoms with Crippen molar-refractivity contribution in [2.24, 2.45) is 0 Å². The molecule has 2 aliphatic heterocycles. The van der Waals surface area contributed by atoms with Gasteiger partial charge >= 0.3 is 0 Å². The van der Waals surface area contributed by atoms with Crippen LogP contribution in [-0.2, 0) is 21.8 Å². The Morgan fingerprint density at radius 3 is 2.32 bits per heavy atom. The predicted molar refractivity (Wildman–Crippen MR) is 145 cm³/mol. The summed E-state index contributed by atoms with van der Waals surface area (Å²) in [6, 6.07) is 14.8. The van der Waals surface area contributed by atoms with E-state index in [0.29, 0.717) is 24.6 Å². The summed E-state index contributed by atoms with van der Waals surface area (Å²) in [6.45, 7) is 6.42. The fraction of sp³-hybridized carbons (Fsp3) is 0.483. The van der Waals surface area contributed by atoms with Gasteiger partial charge in [-0.15, -0.1) is 0 Å². The number of imide groups is 1. The van der Waals surface area contributed by atoms with Gasteiger partial charge in [-0.1, -0.05) is 81.1 Å². The van der Waals surface area contributed by atoms with Gasteiger partial charge in [-0.2, -0.15) is 0 Å². The number of benzene rings is 2. The highest BCUT2D eigenvalue weighted by Gasteiger charge is 2.38. The second-order valence-corrected chi connectivity index (χ2v) is 9.67. The number of hydrogen-bond donors (Lipinski definition) is 3. The zero-order chi connectivity index (χ0) is 27.0. The molecule has 2 radical (unpaired) electrons. The molecule has 0 spiro atoms. The van der Waals surface area contributed by atoms with Crippen molar-refractivity contribution in [2.75, 3.05) is 0 Å². The topological polar surface area (TPSA) is 98.7 Å². The number of aryl methyl sites for hydroxylation is 1. The zero-order valence-corrected chi connectivity index (χ0v) is 22.1. The van der Waals surface area contributed by atoms with Crippen molar-refractivity contribution >= 4 is 25.6 Å². The number of hydrogen-bond acceptors (Lipinski definition) is 5. The molecule has 2 heterocycles. The van der Waals surface area contributed by atoms with E-state index < -0.39 is 11.7 Å². The van der Waals surface area contributed by atoms with Crippen LogP contribution in [0.2, 0.25) is 0 Å². The maximum atomic E-state index is 12.3. The second kappa shape index (κ2) is 13.0. The minimum absolute atomic E-state index is 0.121. The van der Waals surface area contributed by atoms with E-state index in [0.717, 1.165) is 29.5 Å². The van der Waals surface area contributed by atoms with Gasteiger partial charge in [-0.05, 0) is 43.4 Å². The van der Waals surface area contributed by atoms with Crippen LogP contribution < -0.4 is 10.6 Å². The van der Waals surface area contributed by atoms with Gasteiger partial charge in [0.25, 0.3) is 5.91 Å². The lowest BCUT2D eigenvalue weighted by Gasteiger charge is -2.33. The van der Waals surface area contributed by atoms with Gasteiger partial charge < -0.3 is 10.0 Å². The molecule has 1 saturated carbocycles. The molecule has 2 fully saturated rings. The maximum absolute atomic E-state index is 12.3. The smallest absolute Gasteiger partial charge is 0.255 e. The Kier molecular flexibility index (Phi) is 10.1. The monoisotopic (exact) mass is 503 g/mol. The SMILES string of the molecule is CC.Cc1ccc2c(c1)CN(C1CCC(=O)NC1=O)C2=O.[B]C(O)(NC1CCCCC1)c1ccccc1. The van der Waals surface area contributed by atoms with Gasteiger partial charge in [0.1, 0.15) is 13.9 Å². The molecule has 5 rings (SSSR count). The van der Waals surface area contributed by atoms with Crippen molar-refractivity contribution in [3.05, 3.63) is 70.8 Å². The van der Waals surface area contributed by atoms with Gasteiger partial charge in [0.2, 0.25) is 11.8 Å². The Morgan fingerprint density at radius 2 is 1.68 bits per heavy atom. The Balaban J connectivity index is 0.000000195. The molecule has 0 aromatic heterocycles. The molecular formula is C29H38BN3O4. The molecule has 0 bridgehead atoms. The predicted octanol–water partition coefficient (Wildman–Crippen LogP) is 3.66. The highest BCUT2D eigenvalue weighted by Crippen LogP contribution is 2.28. The molecule has 3 aliphatic rings. The van der Waals surface area contributed by atoms with E-state index in [1.807, 2.05) is 63.2 Å². The normalized spacial score (nSPS) is 21.0.